The van der Waals surface area contributed by atoms with E-state index in [-0.39, 0.29) is 12.0 Å². The van der Waals surface area contributed by atoms with E-state index in [4.69, 9.17) is 11.1 Å². The van der Waals surface area contributed by atoms with Crippen LogP contribution in [-0.4, -0.2) is 35.5 Å². The summed E-state index contributed by atoms with van der Waals surface area (Å²) >= 11 is 0. The first-order chi connectivity index (χ1) is 8.15. The van der Waals surface area contributed by atoms with Crippen molar-refractivity contribution in [3.05, 3.63) is 30.1 Å². The Labute approximate surface area is 100 Å². The van der Waals surface area contributed by atoms with Crippen LogP contribution in [0.1, 0.15) is 12.1 Å². The molecule has 1 aromatic rings. The van der Waals surface area contributed by atoms with E-state index < -0.39 is 0 Å². The van der Waals surface area contributed by atoms with Crippen LogP contribution in [0.5, 0.6) is 0 Å². The van der Waals surface area contributed by atoms with E-state index >= 15 is 0 Å². The lowest BCUT2D eigenvalue weighted by molar-refractivity contribution is 0.222. The third kappa shape index (κ3) is 4.10. The number of aryl methyl sites for hydroxylation is 1. The van der Waals surface area contributed by atoms with Crippen LogP contribution in [0.4, 0.5) is 4.79 Å². The van der Waals surface area contributed by atoms with Gasteiger partial charge in [0, 0.05) is 25.5 Å². The highest BCUT2D eigenvalue weighted by Crippen LogP contribution is 2.00. The van der Waals surface area contributed by atoms with E-state index in [0.29, 0.717) is 13.0 Å². The number of carbonyl (C=O) groups excluding carboxylic acids is 1. The van der Waals surface area contributed by atoms with Gasteiger partial charge >= 0.3 is 6.03 Å². The number of nitrogens with two attached hydrogens (primary N) is 1. The second-order valence-corrected chi connectivity index (χ2v) is 3.52. The van der Waals surface area contributed by atoms with E-state index in [1.54, 1.807) is 6.20 Å². The summed E-state index contributed by atoms with van der Waals surface area (Å²) in [4.78, 5) is 16.8. The normalized spacial score (nSPS) is 9.71. The first-order valence-electron chi connectivity index (χ1n) is 5.38. The largest absolute Gasteiger partial charge is 0.370 e. The predicted molar refractivity (Wildman–Crippen MR) is 65.6 cm³/mol. The highest BCUT2D eigenvalue weighted by molar-refractivity contribution is 5.93. The fraction of sp³-hybridized carbons (Fsp3) is 0.364. The summed E-state index contributed by atoms with van der Waals surface area (Å²) in [6.07, 6.45) is 3.20. The average molecular weight is 235 g/mol. The summed E-state index contributed by atoms with van der Waals surface area (Å²) in [5, 5.41) is 9.74. The zero-order valence-corrected chi connectivity index (χ0v) is 9.81. The fourth-order valence-electron chi connectivity index (χ4n) is 1.43. The SMILES string of the molecule is CNC(=O)N(CCCc1ccccn1)C(=N)N. The van der Waals surface area contributed by atoms with Gasteiger partial charge in [-0.05, 0) is 25.0 Å². The Morgan fingerprint density at radius 2 is 2.35 bits per heavy atom. The van der Waals surface area contributed by atoms with Gasteiger partial charge in [-0.2, -0.15) is 0 Å². The molecule has 0 radical (unpaired) electrons. The maximum Gasteiger partial charge on any atom is 0.323 e. The molecule has 1 heterocycles. The molecule has 6 nitrogen and oxygen atoms in total. The van der Waals surface area contributed by atoms with E-state index in [9.17, 15) is 4.79 Å². The summed E-state index contributed by atoms with van der Waals surface area (Å²) in [7, 11) is 1.51. The molecule has 1 rings (SSSR count). The number of rotatable bonds is 4. The minimum atomic E-state index is -0.362. The zero-order valence-electron chi connectivity index (χ0n) is 9.81. The molecule has 0 bridgehead atoms. The molecular formula is C11H17N5O. The second kappa shape index (κ2) is 6.47. The van der Waals surface area contributed by atoms with Crippen molar-refractivity contribution < 1.29 is 4.79 Å². The number of nitrogens with one attached hydrogen (secondary N) is 2. The zero-order chi connectivity index (χ0) is 12.7. The van der Waals surface area contributed by atoms with Gasteiger partial charge in [0.25, 0.3) is 0 Å². The number of hydrogen-bond acceptors (Lipinski definition) is 3. The van der Waals surface area contributed by atoms with Gasteiger partial charge in [-0.1, -0.05) is 6.07 Å². The van der Waals surface area contributed by atoms with Gasteiger partial charge in [0.2, 0.25) is 0 Å². The van der Waals surface area contributed by atoms with Crippen molar-refractivity contribution in [2.24, 2.45) is 5.73 Å². The summed E-state index contributed by atoms with van der Waals surface area (Å²) in [6.45, 7) is 0.408. The lowest BCUT2D eigenvalue weighted by Gasteiger charge is -2.19. The second-order valence-electron chi connectivity index (χ2n) is 3.52. The first kappa shape index (κ1) is 13.0. The summed E-state index contributed by atoms with van der Waals surface area (Å²) < 4.78 is 0. The van der Waals surface area contributed by atoms with Crippen LogP contribution >= 0.6 is 0 Å². The Bertz CT molecular complexity index is 379. The lowest BCUT2D eigenvalue weighted by Crippen LogP contribution is -2.46. The van der Waals surface area contributed by atoms with Crippen molar-refractivity contribution in [3.8, 4) is 0 Å². The number of hydrogen-bond donors (Lipinski definition) is 3. The standard InChI is InChI=1S/C11H17N5O/c1-14-11(17)16(10(12)13)8-4-6-9-5-2-3-7-15-9/h2-3,5,7H,4,6,8H2,1H3,(H3,12,13)(H,14,17). The van der Waals surface area contributed by atoms with Gasteiger partial charge in [0.05, 0.1) is 0 Å². The van der Waals surface area contributed by atoms with E-state index in [2.05, 4.69) is 10.3 Å². The van der Waals surface area contributed by atoms with Gasteiger partial charge in [-0.3, -0.25) is 15.3 Å². The molecule has 0 fully saturated rings. The van der Waals surface area contributed by atoms with E-state index in [0.717, 1.165) is 12.1 Å². The lowest BCUT2D eigenvalue weighted by atomic mass is 10.2. The number of urea groups is 1. The number of aromatic nitrogens is 1. The molecule has 0 aromatic carbocycles. The van der Waals surface area contributed by atoms with Crippen LogP contribution < -0.4 is 11.1 Å². The van der Waals surface area contributed by atoms with Crippen LogP contribution in [0.3, 0.4) is 0 Å². The maximum absolute atomic E-state index is 11.4. The third-order valence-corrected chi connectivity index (χ3v) is 2.29. The van der Waals surface area contributed by atoms with Gasteiger partial charge in [-0.15, -0.1) is 0 Å². The monoisotopic (exact) mass is 235 g/mol. The summed E-state index contributed by atoms with van der Waals surface area (Å²) in [6, 6.07) is 5.34. The molecule has 0 aliphatic rings. The number of nitrogens with zero attached hydrogens (tertiary/aromatic N) is 2. The van der Waals surface area contributed by atoms with Crippen LogP contribution in [0, 0.1) is 5.41 Å². The van der Waals surface area contributed by atoms with Crippen LogP contribution in [0.25, 0.3) is 0 Å². The van der Waals surface area contributed by atoms with Crippen LogP contribution in [0.15, 0.2) is 24.4 Å². The molecule has 92 valence electrons. The van der Waals surface area contributed by atoms with Crippen molar-refractivity contribution in [2.75, 3.05) is 13.6 Å². The van der Waals surface area contributed by atoms with Crippen LogP contribution in [-0.2, 0) is 6.42 Å². The molecule has 0 spiro atoms. The summed E-state index contributed by atoms with van der Waals surface area (Å²) in [5.41, 5.74) is 6.29. The van der Waals surface area contributed by atoms with Crippen molar-refractivity contribution in [3.63, 3.8) is 0 Å². The average Bonchev–Trinajstić information content (AvgIpc) is 2.34. The fourth-order valence-corrected chi connectivity index (χ4v) is 1.43. The number of amides is 2. The molecule has 0 unspecified atom stereocenters. The number of pyridine rings is 1. The highest BCUT2D eigenvalue weighted by Gasteiger charge is 2.13. The number of guanidine groups is 1. The van der Waals surface area contributed by atoms with Crippen molar-refractivity contribution in [2.45, 2.75) is 12.8 Å². The molecule has 0 atom stereocenters. The van der Waals surface area contributed by atoms with Gasteiger partial charge < -0.3 is 11.1 Å². The van der Waals surface area contributed by atoms with Gasteiger partial charge in [0.15, 0.2) is 5.96 Å². The minimum absolute atomic E-state index is 0.245. The Kier molecular flexibility index (Phi) is 4.93. The first-order valence-corrected chi connectivity index (χ1v) is 5.38. The molecule has 0 saturated heterocycles. The van der Waals surface area contributed by atoms with E-state index in [1.165, 1.54) is 11.9 Å². The number of carbonyl (C=O) groups is 1. The van der Waals surface area contributed by atoms with Crippen molar-refractivity contribution in [1.82, 2.24) is 15.2 Å². The molecular weight excluding hydrogens is 218 g/mol. The third-order valence-electron chi connectivity index (χ3n) is 2.29. The van der Waals surface area contributed by atoms with Gasteiger partial charge in [-0.25, -0.2) is 4.79 Å². The Balaban J connectivity index is 2.43. The van der Waals surface area contributed by atoms with Gasteiger partial charge in [0.1, 0.15) is 0 Å². The molecule has 4 N–H and O–H groups in total. The van der Waals surface area contributed by atoms with Crippen LogP contribution in [0.2, 0.25) is 0 Å². The molecule has 6 heteroatoms. The molecule has 1 aromatic heterocycles. The Hall–Kier alpha value is -2.11. The molecule has 0 aliphatic carbocycles. The molecule has 0 saturated carbocycles. The van der Waals surface area contributed by atoms with Crippen molar-refractivity contribution >= 4 is 12.0 Å². The highest BCUT2D eigenvalue weighted by atomic mass is 16.2. The predicted octanol–water partition coefficient (Wildman–Crippen LogP) is 0.549. The molecule has 17 heavy (non-hydrogen) atoms. The Morgan fingerprint density at radius 1 is 1.59 bits per heavy atom. The quantitative estimate of drug-likeness (QED) is 0.525. The van der Waals surface area contributed by atoms with E-state index in [1.807, 2.05) is 18.2 Å². The smallest absolute Gasteiger partial charge is 0.323 e. The minimum Gasteiger partial charge on any atom is -0.370 e. The van der Waals surface area contributed by atoms with Crippen molar-refractivity contribution in [1.29, 1.82) is 5.41 Å². The topological polar surface area (TPSA) is 95.1 Å². The maximum atomic E-state index is 11.4. The molecule has 2 amide bonds. The molecule has 0 aliphatic heterocycles. The Morgan fingerprint density at radius 3 is 2.88 bits per heavy atom. The summed E-state index contributed by atoms with van der Waals surface area (Å²) in [5.74, 6) is -0.245.